The minimum Gasteiger partial charge on any atom is -0.497 e. The zero-order valence-electron chi connectivity index (χ0n) is 15.7. The molecule has 3 aliphatic rings. The van der Waals surface area contributed by atoms with E-state index in [0.717, 1.165) is 30.7 Å². The number of rotatable bonds is 7. The van der Waals surface area contributed by atoms with Gasteiger partial charge >= 0.3 is 5.97 Å². The molecule has 1 amide bonds. The number of ether oxygens (including phenoxy) is 3. The van der Waals surface area contributed by atoms with Crippen LogP contribution < -0.4 is 9.64 Å². The van der Waals surface area contributed by atoms with Crippen molar-refractivity contribution in [2.45, 2.75) is 37.9 Å². The molecule has 1 spiro atoms. The Bertz CT molecular complexity index is 758. The number of fused-ring (bicyclic) bond motifs is 1. The second-order valence-corrected chi connectivity index (χ2v) is 7.40. The molecule has 3 aliphatic heterocycles. The van der Waals surface area contributed by atoms with Crippen LogP contribution in [0.5, 0.6) is 5.75 Å². The molecule has 27 heavy (non-hydrogen) atoms. The lowest BCUT2D eigenvalue weighted by molar-refractivity contribution is -0.152. The molecule has 2 bridgehead atoms. The maximum Gasteiger partial charge on any atom is 0.312 e. The van der Waals surface area contributed by atoms with Crippen molar-refractivity contribution in [1.82, 2.24) is 0 Å². The summed E-state index contributed by atoms with van der Waals surface area (Å²) in [7, 11) is 1.60. The van der Waals surface area contributed by atoms with Crippen molar-refractivity contribution in [3.63, 3.8) is 0 Å². The van der Waals surface area contributed by atoms with Gasteiger partial charge in [-0.05, 0) is 30.7 Å². The Morgan fingerprint density at radius 1 is 1.30 bits per heavy atom. The lowest BCUT2D eigenvalue weighted by atomic mass is 9.77. The molecule has 4 rings (SSSR count). The molecule has 0 aliphatic carbocycles. The molecule has 0 N–H and O–H groups in total. The molecule has 6 nitrogen and oxygen atoms in total. The van der Waals surface area contributed by atoms with Gasteiger partial charge in [-0.1, -0.05) is 31.9 Å². The highest BCUT2D eigenvalue weighted by atomic mass is 16.6. The van der Waals surface area contributed by atoms with Crippen LogP contribution in [-0.2, 0) is 19.1 Å². The summed E-state index contributed by atoms with van der Waals surface area (Å²) in [5.41, 5.74) is 0.0505. The van der Waals surface area contributed by atoms with E-state index in [1.807, 2.05) is 36.4 Å². The Kier molecular flexibility index (Phi) is 4.68. The zero-order chi connectivity index (χ0) is 19.0. The maximum absolute atomic E-state index is 13.2. The molecule has 2 saturated heterocycles. The average Bonchev–Trinajstić information content (AvgIpc) is 3.33. The smallest absolute Gasteiger partial charge is 0.312 e. The third kappa shape index (κ3) is 2.92. The van der Waals surface area contributed by atoms with Crippen LogP contribution in [0.3, 0.4) is 0 Å². The van der Waals surface area contributed by atoms with Crippen molar-refractivity contribution < 1.29 is 23.8 Å². The fraction of sp³-hybridized carbons (Fsp3) is 0.524. The number of amides is 1. The summed E-state index contributed by atoms with van der Waals surface area (Å²) in [5, 5.41) is 0. The van der Waals surface area contributed by atoms with Gasteiger partial charge in [0.25, 0.3) is 0 Å². The molecule has 3 heterocycles. The van der Waals surface area contributed by atoms with Crippen LogP contribution >= 0.6 is 0 Å². The summed E-state index contributed by atoms with van der Waals surface area (Å²) in [6.07, 6.45) is 6.42. The molecule has 4 atom stereocenters. The topological polar surface area (TPSA) is 65.1 Å². The third-order valence-electron chi connectivity index (χ3n) is 5.75. The van der Waals surface area contributed by atoms with Crippen molar-refractivity contribution >= 4 is 17.6 Å². The number of carbonyl (C=O) groups is 2. The number of hydrogen-bond acceptors (Lipinski definition) is 5. The second kappa shape index (κ2) is 7.00. The molecular weight excluding hydrogens is 346 g/mol. The van der Waals surface area contributed by atoms with Crippen LogP contribution in [0, 0.1) is 11.8 Å². The molecule has 0 aromatic heterocycles. The molecule has 2 fully saturated rings. The van der Waals surface area contributed by atoms with Gasteiger partial charge in [-0.2, -0.15) is 0 Å². The van der Waals surface area contributed by atoms with Crippen molar-refractivity contribution in [3.05, 3.63) is 36.4 Å². The second-order valence-electron chi connectivity index (χ2n) is 7.40. The first-order valence-corrected chi connectivity index (χ1v) is 9.59. The van der Waals surface area contributed by atoms with E-state index in [4.69, 9.17) is 14.2 Å². The SMILES string of the molecule is CCCCCOC(=O)[C@H]1[C@H]2C(=O)N(c3ccc(OC)cc3)C[C@@]23C=C[C@H]1O3. The van der Waals surface area contributed by atoms with Gasteiger partial charge in [-0.25, -0.2) is 0 Å². The molecule has 1 aromatic carbocycles. The highest BCUT2D eigenvalue weighted by Crippen LogP contribution is 2.52. The van der Waals surface area contributed by atoms with Crippen molar-refractivity contribution in [1.29, 1.82) is 0 Å². The van der Waals surface area contributed by atoms with Crippen LogP contribution in [0.2, 0.25) is 0 Å². The van der Waals surface area contributed by atoms with Crippen LogP contribution in [-0.4, -0.2) is 43.8 Å². The Hall–Kier alpha value is -2.34. The summed E-state index contributed by atoms with van der Waals surface area (Å²) >= 11 is 0. The normalized spacial score (nSPS) is 30.7. The molecular formula is C21H25NO5. The predicted molar refractivity (Wildman–Crippen MR) is 99.6 cm³/mol. The van der Waals surface area contributed by atoms with E-state index in [1.54, 1.807) is 12.0 Å². The molecule has 144 valence electrons. The van der Waals surface area contributed by atoms with Crippen molar-refractivity contribution in [2.24, 2.45) is 11.8 Å². The largest absolute Gasteiger partial charge is 0.497 e. The zero-order valence-corrected chi connectivity index (χ0v) is 15.7. The molecule has 0 radical (unpaired) electrons. The highest BCUT2D eigenvalue weighted by molar-refractivity contribution is 6.02. The Morgan fingerprint density at radius 2 is 2.07 bits per heavy atom. The summed E-state index contributed by atoms with van der Waals surface area (Å²) in [6, 6.07) is 7.34. The monoisotopic (exact) mass is 371 g/mol. The number of anilines is 1. The Balaban J connectivity index is 1.52. The molecule has 1 aromatic rings. The van der Waals surface area contributed by atoms with E-state index >= 15 is 0 Å². The van der Waals surface area contributed by atoms with Gasteiger partial charge in [0.05, 0.1) is 32.3 Å². The van der Waals surface area contributed by atoms with E-state index in [1.165, 1.54) is 0 Å². The number of nitrogens with zero attached hydrogens (tertiary/aromatic N) is 1. The fourth-order valence-corrected chi connectivity index (χ4v) is 4.37. The lowest BCUT2D eigenvalue weighted by Crippen LogP contribution is -2.40. The van der Waals surface area contributed by atoms with Crippen molar-refractivity contribution in [3.8, 4) is 5.75 Å². The number of unbranched alkanes of at least 4 members (excludes halogenated alkanes) is 2. The van der Waals surface area contributed by atoms with E-state index in [2.05, 4.69) is 6.92 Å². The fourth-order valence-electron chi connectivity index (χ4n) is 4.37. The van der Waals surface area contributed by atoms with Gasteiger partial charge in [0, 0.05) is 5.69 Å². The van der Waals surface area contributed by atoms with Crippen LogP contribution in [0.1, 0.15) is 26.2 Å². The summed E-state index contributed by atoms with van der Waals surface area (Å²) < 4.78 is 16.8. The van der Waals surface area contributed by atoms with Gasteiger partial charge in [0.1, 0.15) is 17.3 Å². The van der Waals surface area contributed by atoms with E-state index in [9.17, 15) is 9.59 Å². The van der Waals surface area contributed by atoms with E-state index in [-0.39, 0.29) is 18.0 Å². The number of esters is 1. The first-order chi connectivity index (χ1) is 13.1. The minimum absolute atomic E-state index is 0.0810. The quantitative estimate of drug-likeness (QED) is 0.419. The number of carbonyl (C=O) groups excluding carboxylic acids is 2. The summed E-state index contributed by atoms with van der Waals surface area (Å²) in [4.78, 5) is 27.6. The number of benzene rings is 1. The standard InChI is InChI=1S/C21H25NO5/c1-3-4-5-12-26-20(24)17-16-10-11-21(27-16)13-22(19(23)18(17)21)14-6-8-15(25-2)9-7-14/h6-11,16-18H,3-5,12-13H2,1-2H3/t16-,17-,18+,21+/m1/s1. The Morgan fingerprint density at radius 3 is 2.78 bits per heavy atom. The van der Waals surface area contributed by atoms with Crippen LogP contribution in [0.25, 0.3) is 0 Å². The van der Waals surface area contributed by atoms with Crippen molar-refractivity contribution in [2.75, 3.05) is 25.2 Å². The highest BCUT2D eigenvalue weighted by Gasteiger charge is 2.67. The minimum atomic E-state index is -0.727. The van der Waals surface area contributed by atoms with E-state index in [0.29, 0.717) is 13.2 Å². The van der Waals surface area contributed by atoms with Gasteiger partial charge in [0.2, 0.25) is 5.91 Å². The third-order valence-corrected chi connectivity index (χ3v) is 5.75. The predicted octanol–water partition coefficient (Wildman–Crippen LogP) is 2.72. The van der Waals surface area contributed by atoms with Gasteiger partial charge in [-0.15, -0.1) is 0 Å². The van der Waals surface area contributed by atoms with Crippen LogP contribution in [0.4, 0.5) is 5.69 Å². The maximum atomic E-state index is 13.2. The summed E-state index contributed by atoms with van der Waals surface area (Å²) in [6.45, 7) is 2.91. The number of methoxy groups -OCH3 is 1. The van der Waals surface area contributed by atoms with Gasteiger partial charge in [-0.3, -0.25) is 9.59 Å². The Labute approximate surface area is 159 Å². The molecule has 0 unspecified atom stereocenters. The molecule has 0 saturated carbocycles. The lowest BCUT2D eigenvalue weighted by Gasteiger charge is -2.22. The molecule has 6 heteroatoms. The first kappa shape index (κ1) is 18.0. The average molecular weight is 371 g/mol. The van der Waals surface area contributed by atoms with Crippen LogP contribution in [0.15, 0.2) is 36.4 Å². The first-order valence-electron chi connectivity index (χ1n) is 9.59. The summed E-state index contributed by atoms with van der Waals surface area (Å²) in [5.74, 6) is -0.755. The van der Waals surface area contributed by atoms with Gasteiger partial charge in [0.15, 0.2) is 0 Å². The van der Waals surface area contributed by atoms with Gasteiger partial charge < -0.3 is 19.1 Å². The number of hydrogen-bond donors (Lipinski definition) is 0. The van der Waals surface area contributed by atoms with E-state index < -0.39 is 17.4 Å².